The van der Waals surface area contributed by atoms with Crippen LogP contribution in [-0.2, 0) is 0 Å². The van der Waals surface area contributed by atoms with E-state index in [1.165, 1.54) is 6.08 Å². The second-order valence-corrected chi connectivity index (χ2v) is 5.23. The lowest BCUT2D eigenvalue weighted by Crippen LogP contribution is -1.94. The van der Waals surface area contributed by atoms with Gasteiger partial charge in [0, 0.05) is 15.6 Å². The highest BCUT2D eigenvalue weighted by Gasteiger charge is 2.05. The Morgan fingerprint density at radius 2 is 1.90 bits per heavy atom. The van der Waals surface area contributed by atoms with Crippen molar-refractivity contribution in [2.75, 3.05) is 14.2 Å². The lowest BCUT2D eigenvalue weighted by molar-refractivity contribution is 0.104. The second kappa shape index (κ2) is 7.09. The number of ether oxygens (including phenoxy) is 2. The maximum atomic E-state index is 12.1. The third-order valence-corrected chi connectivity index (χ3v) is 3.45. The summed E-state index contributed by atoms with van der Waals surface area (Å²) in [5.74, 6) is 1.33. The van der Waals surface area contributed by atoms with Crippen LogP contribution in [0, 0.1) is 0 Å². The Hall–Kier alpha value is -2.07. The molecule has 2 aromatic rings. The first-order valence-corrected chi connectivity index (χ1v) is 7.13. The van der Waals surface area contributed by atoms with E-state index in [9.17, 15) is 4.79 Å². The number of carbonyl (C=O) groups is 1. The summed E-state index contributed by atoms with van der Waals surface area (Å²) in [6.45, 7) is 0. The van der Waals surface area contributed by atoms with E-state index >= 15 is 0 Å². The van der Waals surface area contributed by atoms with E-state index in [0.717, 1.165) is 10.0 Å². The number of allylic oxidation sites excluding steroid dienone is 1. The number of hydrogen-bond donors (Lipinski definition) is 0. The molecule has 0 radical (unpaired) electrons. The highest BCUT2D eigenvalue weighted by molar-refractivity contribution is 9.10. The van der Waals surface area contributed by atoms with Crippen molar-refractivity contribution in [1.82, 2.24) is 0 Å². The van der Waals surface area contributed by atoms with Gasteiger partial charge in [0.25, 0.3) is 0 Å². The first-order chi connectivity index (χ1) is 10.1. The largest absolute Gasteiger partial charge is 0.497 e. The molecular formula is C17H15BrO3. The molecule has 0 spiro atoms. The predicted octanol–water partition coefficient (Wildman–Crippen LogP) is 4.36. The number of methoxy groups -OCH3 is 2. The van der Waals surface area contributed by atoms with Crippen LogP contribution >= 0.6 is 15.9 Å². The van der Waals surface area contributed by atoms with Crippen LogP contribution in [0.15, 0.2) is 53.0 Å². The zero-order chi connectivity index (χ0) is 15.2. The summed E-state index contributed by atoms with van der Waals surface area (Å²) in [5, 5.41) is 0. The average Bonchev–Trinajstić information content (AvgIpc) is 2.52. The minimum Gasteiger partial charge on any atom is -0.497 e. The van der Waals surface area contributed by atoms with Gasteiger partial charge in [-0.1, -0.05) is 28.1 Å². The predicted molar refractivity (Wildman–Crippen MR) is 87.1 cm³/mol. The molecule has 2 rings (SSSR count). The van der Waals surface area contributed by atoms with Gasteiger partial charge in [-0.25, -0.2) is 0 Å². The molecule has 0 fully saturated rings. The van der Waals surface area contributed by atoms with E-state index in [1.807, 2.05) is 30.3 Å². The zero-order valence-electron chi connectivity index (χ0n) is 11.8. The van der Waals surface area contributed by atoms with Crippen molar-refractivity contribution < 1.29 is 14.3 Å². The van der Waals surface area contributed by atoms with E-state index in [4.69, 9.17) is 9.47 Å². The Balaban J connectivity index is 2.26. The van der Waals surface area contributed by atoms with Gasteiger partial charge in [-0.3, -0.25) is 4.79 Å². The van der Waals surface area contributed by atoms with Gasteiger partial charge in [-0.05, 0) is 42.5 Å². The van der Waals surface area contributed by atoms with Gasteiger partial charge >= 0.3 is 0 Å². The molecular weight excluding hydrogens is 332 g/mol. The molecule has 108 valence electrons. The molecule has 3 nitrogen and oxygen atoms in total. The van der Waals surface area contributed by atoms with Crippen LogP contribution in [0.2, 0.25) is 0 Å². The van der Waals surface area contributed by atoms with Gasteiger partial charge in [-0.2, -0.15) is 0 Å². The number of ketones is 1. The fourth-order valence-electron chi connectivity index (χ4n) is 1.87. The molecule has 0 bridgehead atoms. The third-order valence-electron chi connectivity index (χ3n) is 2.96. The quantitative estimate of drug-likeness (QED) is 0.595. The summed E-state index contributed by atoms with van der Waals surface area (Å²) < 4.78 is 11.3. The molecule has 0 unspecified atom stereocenters. The van der Waals surface area contributed by atoms with Crippen molar-refractivity contribution in [3.63, 3.8) is 0 Å². The number of hydrogen-bond acceptors (Lipinski definition) is 3. The molecule has 0 saturated carbocycles. The Labute approximate surface area is 132 Å². The highest BCUT2D eigenvalue weighted by atomic mass is 79.9. The molecule has 0 atom stereocenters. The standard InChI is InChI=1S/C17H15BrO3/c1-20-15-7-9-17(21-2)13(11-15)6-8-16(19)12-4-3-5-14(18)10-12/h3-11H,1-2H3. The van der Waals surface area contributed by atoms with Crippen molar-refractivity contribution in [3.8, 4) is 11.5 Å². The lowest BCUT2D eigenvalue weighted by Gasteiger charge is -2.07. The molecule has 4 heteroatoms. The molecule has 21 heavy (non-hydrogen) atoms. The monoisotopic (exact) mass is 346 g/mol. The first kappa shape index (κ1) is 15.3. The van der Waals surface area contributed by atoms with E-state index in [1.54, 1.807) is 32.4 Å². The van der Waals surface area contributed by atoms with Crippen molar-refractivity contribution in [2.45, 2.75) is 0 Å². The van der Waals surface area contributed by atoms with Crippen molar-refractivity contribution >= 4 is 27.8 Å². The summed E-state index contributed by atoms with van der Waals surface area (Å²) >= 11 is 3.36. The van der Waals surface area contributed by atoms with E-state index < -0.39 is 0 Å². The van der Waals surface area contributed by atoms with Gasteiger partial charge in [0.1, 0.15) is 11.5 Å². The normalized spacial score (nSPS) is 10.6. The summed E-state index contributed by atoms with van der Waals surface area (Å²) in [7, 11) is 3.19. The van der Waals surface area contributed by atoms with Gasteiger partial charge in [0.15, 0.2) is 5.78 Å². The molecule has 0 aliphatic rings. The van der Waals surface area contributed by atoms with Gasteiger partial charge in [0.05, 0.1) is 14.2 Å². The van der Waals surface area contributed by atoms with Crippen molar-refractivity contribution in [2.24, 2.45) is 0 Å². The fraction of sp³-hybridized carbons (Fsp3) is 0.118. The van der Waals surface area contributed by atoms with Crippen molar-refractivity contribution in [3.05, 3.63) is 64.1 Å². The number of benzene rings is 2. The van der Waals surface area contributed by atoms with Crippen LogP contribution in [0.3, 0.4) is 0 Å². The Morgan fingerprint density at radius 3 is 2.57 bits per heavy atom. The van der Waals surface area contributed by atoms with Crippen LogP contribution in [-0.4, -0.2) is 20.0 Å². The molecule has 0 N–H and O–H groups in total. The third kappa shape index (κ3) is 3.95. The molecule has 0 aromatic heterocycles. The highest BCUT2D eigenvalue weighted by Crippen LogP contribution is 2.25. The molecule has 2 aromatic carbocycles. The smallest absolute Gasteiger partial charge is 0.185 e. The van der Waals surface area contributed by atoms with Gasteiger partial charge < -0.3 is 9.47 Å². The Morgan fingerprint density at radius 1 is 1.10 bits per heavy atom. The topological polar surface area (TPSA) is 35.5 Å². The molecule has 0 heterocycles. The summed E-state index contributed by atoms with van der Waals surface area (Å²) in [4.78, 5) is 12.1. The van der Waals surface area contributed by atoms with E-state index in [-0.39, 0.29) is 5.78 Å². The Kier molecular flexibility index (Phi) is 5.17. The minimum absolute atomic E-state index is 0.0684. The van der Waals surface area contributed by atoms with Crippen LogP contribution in [0.5, 0.6) is 11.5 Å². The summed E-state index contributed by atoms with van der Waals surface area (Å²) in [6, 6.07) is 12.7. The van der Waals surface area contributed by atoms with E-state index in [0.29, 0.717) is 17.1 Å². The molecule has 0 saturated heterocycles. The second-order valence-electron chi connectivity index (χ2n) is 4.32. The number of halogens is 1. The summed E-state index contributed by atoms with van der Waals surface area (Å²) in [6.07, 6.45) is 3.25. The minimum atomic E-state index is -0.0684. The van der Waals surface area contributed by atoms with Crippen LogP contribution in [0.4, 0.5) is 0 Å². The maximum absolute atomic E-state index is 12.1. The Bertz CT molecular complexity index is 677. The average molecular weight is 347 g/mol. The fourth-order valence-corrected chi connectivity index (χ4v) is 2.27. The van der Waals surface area contributed by atoms with Crippen molar-refractivity contribution in [1.29, 1.82) is 0 Å². The van der Waals surface area contributed by atoms with Gasteiger partial charge in [0.2, 0.25) is 0 Å². The SMILES string of the molecule is COc1ccc(OC)c(C=CC(=O)c2cccc(Br)c2)c1. The summed E-state index contributed by atoms with van der Waals surface area (Å²) in [5.41, 5.74) is 1.42. The molecule has 0 aliphatic carbocycles. The number of carbonyl (C=O) groups excluding carboxylic acids is 1. The first-order valence-electron chi connectivity index (χ1n) is 6.34. The van der Waals surface area contributed by atoms with Gasteiger partial charge in [-0.15, -0.1) is 0 Å². The maximum Gasteiger partial charge on any atom is 0.185 e. The number of rotatable bonds is 5. The van der Waals surface area contributed by atoms with E-state index in [2.05, 4.69) is 15.9 Å². The van der Waals surface area contributed by atoms with Crippen LogP contribution in [0.25, 0.3) is 6.08 Å². The van der Waals surface area contributed by atoms with Crippen LogP contribution < -0.4 is 9.47 Å². The van der Waals surface area contributed by atoms with Crippen LogP contribution in [0.1, 0.15) is 15.9 Å². The molecule has 0 aliphatic heterocycles. The molecule has 0 amide bonds. The lowest BCUT2D eigenvalue weighted by atomic mass is 10.1. The zero-order valence-corrected chi connectivity index (χ0v) is 13.4.